The minimum atomic E-state index is 0.248. The van der Waals surface area contributed by atoms with Crippen LogP contribution in [0, 0.1) is 11.8 Å². The summed E-state index contributed by atoms with van der Waals surface area (Å²) >= 11 is 0. The molecule has 0 spiro atoms. The fraction of sp³-hybridized carbons (Fsp3) is 0.565. The van der Waals surface area contributed by atoms with Crippen LogP contribution in [-0.4, -0.2) is 44.9 Å². The molecular weight excluding hydrogens is 390 g/mol. The fourth-order valence-corrected chi connectivity index (χ4v) is 4.45. The Morgan fingerprint density at radius 3 is 2.81 bits per heavy atom. The SMILES string of the molecule is COc1cccc2c(NCc3ncnn3C(C)C)nc(N3CC[C@@H](C)C[C@@H](C)C3)nc12. The van der Waals surface area contributed by atoms with Crippen LogP contribution in [0.5, 0.6) is 5.75 Å². The number of hydrogen-bond acceptors (Lipinski definition) is 7. The Morgan fingerprint density at radius 1 is 1.19 bits per heavy atom. The van der Waals surface area contributed by atoms with E-state index in [0.717, 1.165) is 59.7 Å². The van der Waals surface area contributed by atoms with E-state index in [1.807, 2.05) is 22.9 Å². The molecule has 31 heavy (non-hydrogen) atoms. The molecule has 0 bridgehead atoms. The first-order valence-electron chi connectivity index (χ1n) is 11.2. The predicted molar refractivity (Wildman–Crippen MR) is 124 cm³/mol. The van der Waals surface area contributed by atoms with E-state index in [1.165, 1.54) is 6.42 Å². The minimum Gasteiger partial charge on any atom is -0.494 e. The molecule has 166 valence electrons. The monoisotopic (exact) mass is 423 g/mol. The van der Waals surface area contributed by atoms with Crippen molar-refractivity contribution in [1.82, 2.24) is 24.7 Å². The van der Waals surface area contributed by atoms with Crippen molar-refractivity contribution in [3.8, 4) is 5.75 Å². The topological polar surface area (TPSA) is 81.0 Å². The maximum absolute atomic E-state index is 5.63. The van der Waals surface area contributed by atoms with Crippen LogP contribution in [0.4, 0.5) is 11.8 Å². The summed E-state index contributed by atoms with van der Waals surface area (Å²) in [6, 6.07) is 6.20. The Morgan fingerprint density at radius 2 is 2.03 bits per heavy atom. The van der Waals surface area contributed by atoms with Crippen LogP contribution in [0.1, 0.15) is 52.4 Å². The maximum atomic E-state index is 5.63. The van der Waals surface area contributed by atoms with Gasteiger partial charge in [0.15, 0.2) is 0 Å². The Kier molecular flexibility index (Phi) is 6.25. The molecule has 0 radical (unpaired) electrons. The van der Waals surface area contributed by atoms with Gasteiger partial charge in [-0.3, -0.25) is 0 Å². The predicted octanol–water partition coefficient (Wildman–Crippen LogP) is 4.30. The van der Waals surface area contributed by atoms with E-state index in [-0.39, 0.29) is 6.04 Å². The number of benzene rings is 1. The van der Waals surface area contributed by atoms with E-state index >= 15 is 0 Å². The number of aromatic nitrogens is 5. The summed E-state index contributed by atoms with van der Waals surface area (Å²) in [6.45, 7) is 11.3. The number of methoxy groups -OCH3 is 1. The van der Waals surface area contributed by atoms with Gasteiger partial charge in [-0.25, -0.2) is 14.6 Å². The van der Waals surface area contributed by atoms with Crippen LogP contribution in [0.3, 0.4) is 0 Å². The highest BCUT2D eigenvalue weighted by Crippen LogP contribution is 2.32. The lowest BCUT2D eigenvalue weighted by Gasteiger charge is -2.24. The van der Waals surface area contributed by atoms with Crippen molar-refractivity contribution >= 4 is 22.7 Å². The number of fused-ring (bicyclic) bond motifs is 1. The lowest BCUT2D eigenvalue weighted by molar-refractivity contribution is 0.419. The number of nitrogens with one attached hydrogen (secondary N) is 1. The Bertz CT molecular complexity index is 1030. The smallest absolute Gasteiger partial charge is 0.228 e. The summed E-state index contributed by atoms with van der Waals surface area (Å²) in [5.41, 5.74) is 0.827. The van der Waals surface area contributed by atoms with E-state index in [4.69, 9.17) is 14.7 Å². The van der Waals surface area contributed by atoms with Crippen LogP contribution in [0.2, 0.25) is 0 Å². The molecule has 8 nitrogen and oxygen atoms in total. The number of anilines is 2. The Labute approximate surface area is 184 Å². The van der Waals surface area contributed by atoms with E-state index in [9.17, 15) is 0 Å². The zero-order chi connectivity index (χ0) is 22.0. The molecule has 1 aliphatic rings. The van der Waals surface area contributed by atoms with Crippen molar-refractivity contribution in [2.24, 2.45) is 11.8 Å². The third-order valence-corrected chi connectivity index (χ3v) is 5.96. The molecule has 0 aliphatic carbocycles. The van der Waals surface area contributed by atoms with Gasteiger partial charge in [0.2, 0.25) is 5.95 Å². The summed E-state index contributed by atoms with van der Waals surface area (Å²) < 4.78 is 7.55. The van der Waals surface area contributed by atoms with E-state index in [2.05, 4.69) is 48.0 Å². The first-order valence-corrected chi connectivity index (χ1v) is 11.2. The van der Waals surface area contributed by atoms with Gasteiger partial charge in [-0.2, -0.15) is 10.1 Å². The standard InChI is InChI=1S/C23H33N7O/c1-15(2)30-20(25-14-26-30)12-24-22-18-7-6-8-19(31-5)21(18)27-23(28-22)29-10-9-16(3)11-17(4)13-29/h6-8,14-17H,9-13H2,1-5H3,(H,24,27,28)/t16-,17-/m1/s1. The second-order valence-corrected chi connectivity index (χ2v) is 8.98. The number of nitrogens with zero attached hydrogens (tertiary/aromatic N) is 6. The van der Waals surface area contributed by atoms with Crippen molar-refractivity contribution in [3.63, 3.8) is 0 Å². The molecule has 1 fully saturated rings. The summed E-state index contributed by atoms with van der Waals surface area (Å²) in [5, 5.41) is 8.77. The molecule has 3 aromatic rings. The van der Waals surface area contributed by atoms with Crippen molar-refractivity contribution in [3.05, 3.63) is 30.4 Å². The first kappa shape index (κ1) is 21.3. The highest BCUT2D eigenvalue weighted by atomic mass is 16.5. The second-order valence-electron chi connectivity index (χ2n) is 8.98. The van der Waals surface area contributed by atoms with Crippen LogP contribution >= 0.6 is 0 Å². The van der Waals surface area contributed by atoms with Gasteiger partial charge in [0, 0.05) is 24.5 Å². The molecule has 2 aromatic heterocycles. The zero-order valence-electron chi connectivity index (χ0n) is 19.2. The van der Waals surface area contributed by atoms with Gasteiger partial charge < -0.3 is 15.0 Å². The van der Waals surface area contributed by atoms with E-state index in [1.54, 1.807) is 13.4 Å². The fourth-order valence-electron chi connectivity index (χ4n) is 4.45. The number of para-hydroxylation sites is 1. The maximum Gasteiger partial charge on any atom is 0.228 e. The van der Waals surface area contributed by atoms with Crippen molar-refractivity contribution in [2.75, 3.05) is 30.4 Å². The van der Waals surface area contributed by atoms with Gasteiger partial charge in [-0.1, -0.05) is 19.9 Å². The summed E-state index contributed by atoms with van der Waals surface area (Å²) in [5.74, 6) is 4.51. The second kappa shape index (κ2) is 9.08. The van der Waals surface area contributed by atoms with Gasteiger partial charge in [0.1, 0.15) is 29.2 Å². The van der Waals surface area contributed by atoms with Crippen LogP contribution in [0.25, 0.3) is 10.9 Å². The molecular formula is C23H33N7O. The van der Waals surface area contributed by atoms with Gasteiger partial charge in [-0.15, -0.1) is 0 Å². The molecule has 0 saturated carbocycles. The molecule has 0 amide bonds. The lowest BCUT2D eigenvalue weighted by atomic mass is 9.97. The Balaban J connectivity index is 1.72. The number of rotatable bonds is 6. The van der Waals surface area contributed by atoms with Crippen LogP contribution < -0.4 is 15.0 Å². The number of hydrogen-bond donors (Lipinski definition) is 1. The minimum absolute atomic E-state index is 0.248. The van der Waals surface area contributed by atoms with Gasteiger partial charge in [0.05, 0.1) is 13.7 Å². The lowest BCUT2D eigenvalue weighted by Crippen LogP contribution is -2.29. The Hall–Kier alpha value is -2.90. The van der Waals surface area contributed by atoms with Gasteiger partial charge in [-0.05, 0) is 50.7 Å². The summed E-state index contributed by atoms with van der Waals surface area (Å²) in [4.78, 5) is 16.6. The highest BCUT2D eigenvalue weighted by molar-refractivity contribution is 5.94. The molecule has 1 aliphatic heterocycles. The average molecular weight is 424 g/mol. The quantitative estimate of drug-likeness (QED) is 0.633. The molecule has 8 heteroatoms. The van der Waals surface area contributed by atoms with Crippen LogP contribution in [0.15, 0.2) is 24.5 Å². The molecule has 0 unspecified atom stereocenters. The van der Waals surface area contributed by atoms with Crippen LogP contribution in [-0.2, 0) is 6.54 Å². The normalized spacial score (nSPS) is 19.6. The molecule has 1 saturated heterocycles. The molecule has 2 atom stereocenters. The van der Waals surface area contributed by atoms with Gasteiger partial charge in [0.25, 0.3) is 0 Å². The average Bonchev–Trinajstić information content (AvgIpc) is 3.16. The molecule has 1 N–H and O–H groups in total. The summed E-state index contributed by atoms with van der Waals surface area (Å²) in [6.07, 6.45) is 3.99. The van der Waals surface area contributed by atoms with Crippen molar-refractivity contribution in [2.45, 2.75) is 53.1 Å². The third kappa shape index (κ3) is 4.57. The van der Waals surface area contributed by atoms with Crippen molar-refractivity contribution in [1.29, 1.82) is 0 Å². The van der Waals surface area contributed by atoms with Crippen molar-refractivity contribution < 1.29 is 4.74 Å². The summed E-state index contributed by atoms with van der Waals surface area (Å²) in [7, 11) is 1.68. The zero-order valence-corrected chi connectivity index (χ0v) is 19.2. The highest BCUT2D eigenvalue weighted by Gasteiger charge is 2.23. The number of ether oxygens (including phenoxy) is 1. The molecule has 3 heterocycles. The van der Waals surface area contributed by atoms with E-state index in [0.29, 0.717) is 12.5 Å². The third-order valence-electron chi connectivity index (χ3n) is 5.96. The molecule has 1 aromatic carbocycles. The van der Waals surface area contributed by atoms with E-state index < -0.39 is 0 Å². The first-order chi connectivity index (χ1) is 15.0. The van der Waals surface area contributed by atoms with Gasteiger partial charge >= 0.3 is 0 Å². The molecule has 4 rings (SSSR count). The largest absolute Gasteiger partial charge is 0.494 e.